The number of halogens is 1. The van der Waals surface area contributed by atoms with Gasteiger partial charge in [0.2, 0.25) is 0 Å². The minimum Gasteiger partial charge on any atom is -0.374 e. The summed E-state index contributed by atoms with van der Waals surface area (Å²) in [6.45, 7) is 3.08. The average molecular weight is 361 g/mol. The maximum Gasteiger partial charge on any atom is 0.265 e. The second-order valence-electron chi connectivity index (χ2n) is 6.01. The van der Waals surface area contributed by atoms with Gasteiger partial charge in [-0.2, -0.15) is 0 Å². The fourth-order valence-electron chi connectivity index (χ4n) is 2.52. The lowest BCUT2D eigenvalue weighted by atomic mass is 10.1. The Hall–Kier alpha value is -2.58. The molecule has 0 bridgehead atoms. The number of hydroxylamine groups is 1. The van der Waals surface area contributed by atoms with Crippen molar-refractivity contribution in [2.75, 3.05) is 11.9 Å². The summed E-state index contributed by atoms with van der Waals surface area (Å²) in [4.78, 5) is 20.0. The molecule has 0 unspecified atom stereocenters. The Balaban J connectivity index is 1.75. The van der Waals surface area contributed by atoms with E-state index >= 15 is 0 Å². The highest BCUT2D eigenvalue weighted by molar-refractivity contribution is 5.83. The molecule has 1 heterocycles. The molecule has 0 spiro atoms. The number of nitrogens with zero attached hydrogens (tertiary/aromatic N) is 2. The van der Waals surface area contributed by atoms with Crippen molar-refractivity contribution in [3.8, 4) is 0 Å². The maximum atomic E-state index is 13.3. The van der Waals surface area contributed by atoms with Crippen LogP contribution in [0.15, 0.2) is 36.8 Å². The first-order chi connectivity index (χ1) is 12.6. The van der Waals surface area contributed by atoms with Crippen LogP contribution >= 0.6 is 0 Å². The van der Waals surface area contributed by atoms with E-state index in [4.69, 9.17) is 5.21 Å². The molecule has 0 saturated carbocycles. The van der Waals surface area contributed by atoms with E-state index in [0.717, 1.165) is 25.1 Å². The summed E-state index contributed by atoms with van der Waals surface area (Å²) in [6, 6.07) is 3.96. The molecule has 4 N–H and O–H groups in total. The molecule has 1 aromatic heterocycles. The van der Waals surface area contributed by atoms with Crippen LogP contribution in [-0.4, -0.2) is 33.7 Å². The van der Waals surface area contributed by atoms with Crippen molar-refractivity contribution >= 4 is 11.6 Å². The highest BCUT2D eigenvalue weighted by Crippen LogP contribution is 2.16. The van der Waals surface area contributed by atoms with Crippen molar-refractivity contribution in [3.63, 3.8) is 0 Å². The summed E-state index contributed by atoms with van der Waals surface area (Å²) < 4.78 is 13.3. The molecule has 0 saturated heterocycles. The lowest BCUT2D eigenvalue weighted by Gasteiger charge is -2.18. The van der Waals surface area contributed by atoms with Crippen LogP contribution in [0.5, 0.6) is 0 Å². The molecular formula is C18H24FN5O2. The molecule has 0 aliphatic carbocycles. The smallest absolute Gasteiger partial charge is 0.265 e. The van der Waals surface area contributed by atoms with Crippen LogP contribution in [0.2, 0.25) is 0 Å². The predicted octanol–water partition coefficient (Wildman–Crippen LogP) is 2.17. The van der Waals surface area contributed by atoms with Gasteiger partial charge in [-0.05, 0) is 56.5 Å². The summed E-state index contributed by atoms with van der Waals surface area (Å²) >= 11 is 0. The van der Waals surface area contributed by atoms with Gasteiger partial charge in [0.15, 0.2) is 0 Å². The van der Waals surface area contributed by atoms with E-state index in [2.05, 4.69) is 20.6 Å². The van der Waals surface area contributed by atoms with Crippen LogP contribution in [0, 0.1) is 12.7 Å². The van der Waals surface area contributed by atoms with Gasteiger partial charge < -0.3 is 10.6 Å². The maximum absolute atomic E-state index is 13.3. The molecule has 0 aliphatic rings. The highest BCUT2D eigenvalue weighted by Gasteiger charge is 2.17. The number of amides is 1. The molecule has 1 atom stereocenters. The van der Waals surface area contributed by atoms with Gasteiger partial charge in [0.25, 0.3) is 5.91 Å². The van der Waals surface area contributed by atoms with Gasteiger partial charge in [0.1, 0.15) is 11.9 Å². The number of hydrogen-bond acceptors (Lipinski definition) is 6. The van der Waals surface area contributed by atoms with E-state index in [1.807, 2.05) is 0 Å². The van der Waals surface area contributed by atoms with E-state index in [9.17, 15) is 9.18 Å². The Morgan fingerprint density at radius 3 is 2.85 bits per heavy atom. The third-order valence-electron chi connectivity index (χ3n) is 3.94. The number of aromatic nitrogens is 2. The van der Waals surface area contributed by atoms with Crippen molar-refractivity contribution in [3.05, 3.63) is 53.9 Å². The first kappa shape index (κ1) is 19.7. The molecule has 8 heteroatoms. The number of aryl methyl sites for hydroxylation is 1. The van der Waals surface area contributed by atoms with E-state index in [1.165, 1.54) is 6.07 Å². The molecule has 0 radical (unpaired) electrons. The number of carbonyl (C=O) groups is 1. The van der Waals surface area contributed by atoms with Crippen molar-refractivity contribution in [1.82, 2.24) is 20.8 Å². The van der Waals surface area contributed by atoms with Crippen LogP contribution in [0.4, 0.5) is 10.1 Å². The summed E-state index contributed by atoms with van der Waals surface area (Å²) in [5.74, 6) is -0.813. The zero-order chi connectivity index (χ0) is 18.8. The lowest BCUT2D eigenvalue weighted by Crippen LogP contribution is -2.38. The van der Waals surface area contributed by atoms with Crippen LogP contribution < -0.4 is 16.1 Å². The van der Waals surface area contributed by atoms with Gasteiger partial charge in [0, 0.05) is 30.8 Å². The van der Waals surface area contributed by atoms with E-state index < -0.39 is 11.9 Å². The quantitative estimate of drug-likeness (QED) is 0.294. The Bertz CT molecular complexity index is 699. The Morgan fingerprint density at radius 1 is 1.31 bits per heavy atom. The molecule has 1 aromatic carbocycles. The van der Waals surface area contributed by atoms with Crippen LogP contribution in [0.25, 0.3) is 0 Å². The topological polar surface area (TPSA) is 99.2 Å². The second-order valence-corrected chi connectivity index (χ2v) is 6.01. The van der Waals surface area contributed by atoms with Gasteiger partial charge in [-0.25, -0.2) is 9.87 Å². The molecule has 0 aliphatic heterocycles. The summed E-state index contributed by atoms with van der Waals surface area (Å²) in [7, 11) is 0. The third kappa shape index (κ3) is 6.38. The van der Waals surface area contributed by atoms with E-state index in [0.29, 0.717) is 24.2 Å². The number of unbranched alkanes of at least 4 members (excludes halogenated alkanes) is 1. The number of anilines is 1. The van der Waals surface area contributed by atoms with E-state index in [-0.39, 0.29) is 5.82 Å². The molecule has 26 heavy (non-hydrogen) atoms. The first-order valence-corrected chi connectivity index (χ1v) is 8.52. The second kappa shape index (κ2) is 10.4. The van der Waals surface area contributed by atoms with Crippen LogP contribution in [0.3, 0.4) is 0 Å². The Kier molecular flexibility index (Phi) is 7.91. The zero-order valence-corrected chi connectivity index (χ0v) is 14.7. The molecule has 2 aromatic rings. The summed E-state index contributed by atoms with van der Waals surface area (Å²) in [6.07, 6.45) is 7.17. The molecule has 7 nitrogen and oxygen atoms in total. The molecular weight excluding hydrogens is 337 g/mol. The van der Waals surface area contributed by atoms with Crippen LogP contribution in [-0.2, 0) is 11.3 Å². The predicted molar refractivity (Wildman–Crippen MR) is 96.1 cm³/mol. The van der Waals surface area contributed by atoms with Crippen molar-refractivity contribution in [1.29, 1.82) is 0 Å². The molecule has 140 valence electrons. The van der Waals surface area contributed by atoms with Crippen LogP contribution in [0.1, 0.15) is 30.5 Å². The lowest BCUT2D eigenvalue weighted by molar-refractivity contribution is -0.130. The normalized spacial score (nSPS) is 11.8. The number of carbonyl (C=O) groups excluding carboxylic acids is 1. The van der Waals surface area contributed by atoms with Gasteiger partial charge in [-0.15, -0.1) is 0 Å². The number of rotatable bonds is 10. The SMILES string of the molecule is Cc1cc(N[C@H](CCCCNCc2cnccn2)C(=O)NO)ccc1F. The van der Waals surface area contributed by atoms with E-state index in [1.54, 1.807) is 43.1 Å². The fraction of sp³-hybridized carbons (Fsp3) is 0.389. The van der Waals surface area contributed by atoms with Crippen molar-refractivity contribution < 1.29 is 14.4 Å². The third-order valence-corrected chi connectivity index (χ3v) is 3.94. The first-order valence-electron chi connectivity index (χ1n) is 8.52. The summed E-state index contributed by atoms with van der Waals surface area (Å²) in [5.41, 5.74) is 3.68. The van der Waals surface area contributed by atoms with Crippen molar-refractivity contribution in [2.45, 2.75) is 38.8 Å². The Labute approximate surface area is 152 Å². The molecule has 1 amide bonds. The fourth-order valence-corrected chi connectivity index (χ4v) is 2.52. The average Bonchev–Trinajstić information content (AvgIpc) is 2.66. The van der Waals surface area contributed by atoms with Gasteiger partial charge in [-0.3, -0.25) is 20.0 Å². The monoisotopic (exact) mass is 361 g/mol. The standard InChI is InChI=1S/C18H24FN5O2/c1-13-10-14(5-6-16(13)19)23-17(18(25)24-26)4-2-3-7-20-11-15-12-21-8-9-22-15/h5-6,8-10,12,17,20,23,26H,2-4,7,11H2,1H3,(H,24,25)/t17-/m1/s1. The largest absolute Gasteiger partial charge is 0.374 e. The van der Waals surface area contributed by atoms with Gasteiger partial charge >= 0.3 is 0 Å². The van der Waals surface area contributed by atoms with Gasteiger partial charge in [-0.1, -0.05) is 0 Å². The molecule has 2 rings (SSSR count). The summed E-state index contributed by atoms with van der Waals surface area (Å²) in [5, 5.41) is 15.2. The number of nitrogens with one attached hydrogen (secondary N) is 3. The zero-order valence-electron chi connectivity index (χ0n) is 14.7. The highest BCUT2D eigenvalue weighted by atomic mass is 19.1. The van der Waals surface area contributed by atoms with Crippen molar-refractivity contribution in [2.24, 2.45) is 0 Å². The Morgan fingerprint density at radius 2 is 2.15 bits per heavy atom. The molecule has 0 fully saturated rings. The minimum absolute atomic E-state index is 0.298. The van der Waals surface area contributed by atoms with Gasteiger partial charge in [0.05, 0.1) is 5.69 Å². The number of hydrogen-bond donors (Lipinski definition) is 4. The number of benzene rings is 1. The minimum atomic E-state index is -0.593.